The SMILES string of the molecule is COC(=O)c1c(NC2CCNC2)nn(CC(=O)O)c1N. The van der Waals surface area contributed by atoms with Crippen molar-refractivity contribution in [1.29, 1.82) is 0 Å². The first-order valence-corrected chi connectivity index (χ1v) is 6.16. The largest absolute Gasteiger partial charge is 0.480 e. The molecule has 1 saturated heterocycles. The second-order valence-electron chi connectivity index (χ2n) is 4.49. The number of carboxylic acids is 1. The summed E-state index contributed by atoms with van der Waals surface area (Å²) >= 11 is 0. The zero-order valence-corrected chi connectivity index (χ0v) is 11.0. The summed E-state index contributed by atoms with van der Waals surface area (Å²) < 4.78 is 5.73. The van der Waals surface area contributed by atoms with Crippen LogP contribution in [0.2, 0.25) is 0 Å². The summed E-state index contributed by atoms with van der Waals surface area (Å²) in [6, 6.07) is 0.117. The first-order chi connectivity index (χ1) is 9.52. The lowest BCUT2D eigenvalue weighted by Gasteiger charge is -2.11. The predicted molar refractivity (Wildman–Crippen MR) is 70.5 cm³/mol. The maximum absolute atomic E-state index is 11.8. The highest BCUT2D eigenvalue weighted by Gasteiger charge is 2.26. The van der Waals surface area contributed by atoms with Crippen LogP contribution in [-0.4, -0.2) is 53.1 Å². The summed E-state index contributed by atoms with van der Waals surface area (Å²) in [6.07, 6.45) is 0.881. The predicted octanol–water partition coefficient (Wildman–Crippen LogP) is -0.890. The van der Waals surface area contributed by atoms with Gasteiger partial charge in [0.2, 0.25) is 0 Å². The number of nitrogens with one attached hydrogen (secondary N) is 2. The van der Waals surface area contributed by atoms with E-state index in [0.717, 1.165) is 24.2 Å². The Balaban J connectivity index is 2.31. The smallest absolute Gasteiger partial charge is 0.345 e. The highest BCUT2D eigenvalue weighted by Crippen LogP contribution is 2.24. The van der Waals surface area contributed by atoms with Gasteiger partial charge in [-0.2, -0.15) is 5.10 Å². The molecule has 0 bridgehead atoms. The average Bonchev–Trinajstić information content (AvgIpc) is 2.98. The lowest BCUT2D eigenvalue weighted by atomic mass is 10.2. The quantitative estimate of drug-likeness (QED) is 0.512. The first-order valence-electron chi connectivity index (χ1n) is 6.16. The second kappa shape index (κ2) is 5.78. The van der Waals surface area contributed by atoms with E-state index in [2.05, 4.69) is 20.5 Å². The molecule has 0 radical (unpaired) electrons. The van der Waals surface area contributed by atoms with Gasteiger partial charge in [0.05, 0.1) is 7.11 Å². The number of nitrogens with zero attached hydrogens (tertiary/aromatic N) is 2. The topological polar surface area (TPSA) is 132 Å². The van der Waals surface area contributed by atoms with Gasteiger partial charge in [-0.15, -0.1) is 0 Å². The van der Waals surface area contributed by atoms with E-state index >= 15 is 0 Å². The van der Waals surface area contributed by atoms with Crippen LogP contribution in [0.5, 0.6) is 0 Å². The van der Waals surface area contributed by atoms with Crippen LogP contribution in [0.1, 0.15) is 16.8 Å². The van der Waals surface area contributed by atoms with Crippen molar-refractivity contribution in [3.8, 4) is 0 Å². The Labute approximate surface area is 115 Å². The van der Waals surface area contributed by atoms with Crippen LogP contribution >= 0.6 is 0 Å². The number of hydrogen-bond acceptors (Lipinski definition) is 7. The number of aliphatic carboxylic acids is 1. The Bertz CT molecular complexity index is 521. The van der Waals surface area contributed by atoms with E-state index in [1.54, 1.807) is 0 Å². The third-order valence-electron chi connectivity index (χ3n) is 3.07. The number of carbonyl (C=O) groups is 2. The molecule has 5 N–H and O–H groups in total. The fourth-order valence-electron chi connectivity index (χ4n) is 2.10. The maximum Gasteiger partial charge on any atom is 0.345 e. The highest BCUT2D eigenvalue weighted by atomic mass is 16.5. The van der Waals surface area contributed by atoms with Gasteiger partial charge in [-0.05, 0) is 13.0 Å². The molecule has 0 saturated carbocycles. The summed E-state index contributed by atoms with van der Waals surface area (Å²) in [6.45, 7) is 1.20. The molecule has 9 heteroatoms. The van der Waals surface area contributed by atoms with Crippen molar-refractivity contribution in [3.63, 3.8) is 0 Å². The van der Waals surface area contributed by atoms with Crippen molar-refractivity contribution in [1.82, 2.24) is 15.1 Å². The number of carbonyl (C=O) groups excluding carboxylic acids is 1. The van der Waals surface area contributed by atoms with E-state index in [4.69, 9.17) is 10.8 Å². The molecule has 20 heavy (non-hydrogen) atoms. The fourth-order valence-corrected chi connectivity index (χ4v) is 2.10. The minimum Gasteiger partial charge on any atom is -0.480 e. The zero-order valence-electron chi connectivity index (χ0n) is 11.0. The molecule has 0 spiro atoms. The van der Waals surface area contributed by atoms with Gasteiger partial charge in [-0.1, -0.05) is 0 Å². The van der Waals surface area contributed by atoms with Gasteiger partial charge < -0.3 is 26.2 Å². The molecule has 1 fully saturated rings. The van der Waals surface area contributed by atoms with Crippen molar-refractivity contribution in [2.45, 2.75) is 19.0 Å². The lowest BCUT2D eigenvalue weighted by molar-refractivity contribution is -0.137. The van der Waals surface area contributed by atoms with E-state index in [9.17, 15) is 9.59 Å². The van der Waals surface area contributed by atoms with Crippen LogP contribution in [0, 0.1) is 0 Å². The molecular formula is C11H17N5O4. The van der Waals surface area contributed by atoms with Crippen LogP contribution in [0.4, 0.5) is 11.6 Å². The minimum absolute atomic E-state index is 0.0206. The van der Waals surface area contributed by atoms with Gasteiger partial charge in [-0.25, -0.2) is 9.48 Å². The van der Waals surface area contributed by atoms with Crippen molar-refractivity contribution in [2.24, 2.45) is 0 Å². The minimum atomic E-state index is -1.09. The Hall–Kier alpha value is -2.29. The average molecular weight is 283 g/mol. The summed E-state index contributed by atoms with van der Waals surface area (Å²) in [5.74, 6) is -1.51. The summed E-state index contributed by atoms with van der Waals surface area (Å²) in [4.78, 5) is 22.5. The van der Waals surface area contributed by atoms with Crippen LogP contribution in [0.3, 0.4) is 0 Å². The Kier molecular flexibility index (Phi) is 4.08. The Morgan fingerprint density at radius 1 is 1.65 bits per heavy atom. The van der Waals surface area contributed by atoms with Crippen molar-refractivity contribution in [3.05, 3.63) is 5.56 Å². The van der Waals surface area contributed by atoms with Gasteiger partial charge in [-0.3, -0.25) is 4.79 Å². The van der Waals surface area contributed by atoms with E-state index in [1.165, 1.54) is 7.11 Å². The second-order valence-corrected chi connectivity index (χ2v) is 4.49. The van der Waals surface area contributed by atoms with Crippen LogP contribution in [0.15, 0.2) is 0 Å². The molecule has 1 atom stereocenters. The van der Waals surface area contributed by atoms with Crippen LogP contribution in [-0.2, 0) is 16.1 Å². The molecule has 1 unspecified atom stereocenters. The van der Waals surface area contributed by atoms with Crippen LogP contribution in [0.25, 0.3) is 0 Å². The number of nitrogen functional groups attached to an aromatic ring is 1. The maximum atomic E-state index is 11.8. The third kappa shape index (κ3) is 2.82. The summed E-state index contributed by atoms with van der Waals surface area (Å²) in [7, 11) is 1.23. The molecule has 1 aliphatic heterocycles. The molecular weight excluding hydrogens is 266 g/mol. The number of ether oxygens (including phenoxy) is 1. The van der Waals surface area contributed by atoms with Crippen molar-refractivity contribution >= 4 is 23.6 Å². The fraction of sp³-hybridized carbons (Fsp3) is 0.545. The molecule has 1 aliphatic rings. The van der Waals surface area contributed by atoms with Crippen molar-refractivity contribution < 1.29 is 19.4 Å². The molecule has 2 heterocycles. The van der Waals surface area contributed by atoms with E-state index in [1.807, 2.05) is 0 Å². The Morgan fingerprint density at radius 3 is 2.95 bits per heavy atom. The van der Waals surface area contributed by atoms with Gasteiger partial charge in [0.25, 0.3) is 0 Å². The molecule has 110 valence electrons. The number of carboxylic acid groups (broad SMARTS) is 1. The van der Waals surface area contributed by atoms with Gasteiger partial charge in [0.1, 0.15) is 17.9 Å². The first kappa shape index (κ1) is 14.1. The number of methoxy groups -OCH3 is 1. The van der Waals surface area contributed by atoms with Gasteiger partial charge >= 0.3 is 11.9 Å². The number of hydrogen-bond donors (Lipinski definition) is 4. The van der Waals surface area contributed by atoms with Gasteiger partial charge in [0.15, 0.2) is 5.82 Å². The normalized spacial score (nSPS) is 17.9. The third-order valence-corrected chi connectivity index (χ3v) is 3.07. The number of rotatable bonds is 5. The monoisotopic (exact) mass is 283 g/mol. The lowest BCUT2D eigenvalue weighted by Crippen LogP contribution is -2.23. The molecule has 0 aromatic carbocycles. The molecule has 9 nitrogen and oxygen atoms in total. The molecule has 2 rings (SSSR count). The van der Waals surface area contributed by atoms with E-state index in [-0.39, 0.29) is 23.2 Å². The molecule has 0 amide bonds. The summed E-state index contributed by atoms with van der Waals surface area (Å²) in [5.41, 5.74) is 5.85. The molecule has 1 aromatic rings. The molecule has 1 aromatic heterocycles. The standard InChI is InChI=1S/C11H17N5O4/c1-20-11(19)8-9(12)16(5-7(17)18)15-10(8)14-6-2-3-13-4-6/h6,13H,2-5,12H2,1H3,(H,14,15)(H,17,18). The Morgan fingerprint density at radius 2 is 2.40 bits per heavy atom. The van der Waals surface area contributed by atoms with Crippen molar-refractivity contribution in [2.75, 3.05) is 31.2 Å². The molecule has 0 aliphatic carbocycles. The number of esters is 1. The van der Waals surface area contributed by atoms with Gasteiger partial charge in [0, 0.05) is 12.6 Å². The number of aromatic nitrogens is 2. The summed E-state index contributed by atoms with van der Waals surface area (Å²) in [5, 5.41) is 19.1. The highest BCUT2D eigenvalue weighted by molar-refractivity contribution is 5.99. The van der Waals surface area contributed by atoms with E-state index in [0.29, 0.717) is 0 Å². The number of anilines is 2. The van der Waals surface area contributed by atoms with Crippen LogP contribution < -0.4 is 16.4 Å². The zero-order chi connectivity index (χ0) is 14.7. The van der Waals surface area contributed by atoms with E-state index < -0.39 is 18.5 Å². The number of nitrogens with two attached hydrogens (primary N) is 1.